The summed E-state index contributed by atoms with van der Waals surface area (Å²) in [5.74, 6) is -1.71. The number of sulfonamides is 1. The van der Waals surface area contributed by atoms with E-state index in [1.165, 1.54) is 42.5 Å². The molecule has 30 heavy (non-hydrogen) atoms. The van der Waals surface area contributed by atoms with Gasteiger partial charge in [0.25, 0.3) is 10.0 Å². The van der Waals surface area contributed by atoms with Gasteiger partial charge in [0, 0.05) is 6.54 Å². The molecule has 5 nitrogen and oxygen atoms in total. The van der Waals surface area contributed by atoms with Crippen molar-refractivity contribution in [2.24, 2.45) is 0 Å². The fraction of sp³-hybridized carbons (Fsp3) is 0.0952. The maximum Gasteiger partial charge on any atom is 0.264 e. The zero-order valence-corrected chi connectivity index (χ0v) is 17.1. The van der Waals surface area contributed by atoms with E-state index in [1.807, 2.05) is 0 Å². The Bertz CT molecular complexity index is 1140. The number of hydrogen-bond donors (Lipinski definition) is 1. The molecular formula is C21H17ClF2N2O3S. The van der Waals surface area contributed by atoms with E-state index in [1.54, 1.807) is 18.2 Å². The number of anilines is 1. The monoisotopic (exact) mass is 450 g/mol. The van der Waals surface area contributed by atoms with E-state index in [4.69, 9.17) is 11.6 Å². The Morgan fingerprint density at radius 1 is 0.967 bits per heavy atom. The fourth-order valence-electron chi connectivity index (χ4n) is 2.66. The molecule has 3 rings (SSSR count). The lowest BCUT2D eigenvalue weighted by atomic mass is 10.2. The Hall–Kier alpha value is -2.97. The van der Waals surface area contributed by atoms with Crippen LogP contribution in [-0.4, -0.2) is 20.9 Å². The molecule has 0 unspecified atom stereocenters. The van der Waals surface area contributed by atoms with Crippen molar-refractivity contribution in [3.05, 3.63) is 95.0 Å². The summed E-state index contributed by atoms with van der Waals surface area (Å²) in [7, 11) is -4.13. The van der Waals surface area contributed by atoms with Crippen LogP contribution in [0.5, 0.6) is 0 Å². The normalized spacial score (nSPS) is 11.2. The second kappa shape index (κ2) is 9.23. The summed E-state index contributed by atoms with van der Waals surface area (Å²) in [5, 5.41) is 2.32. The second-order valence-electron chi connectivity index (χ2n) is 6.33. The lowest BCUT2D eigenvalue weighted by molar-refractivity contribution is -0.119. The highest BCUT2D eigenvalue weighted by Crippen LogP contribution is 2.27. The van der Waals surface area contributed by atoms with Gasteiger partial charge in [-0.25, -0.2) is 17.2 Å². The number of hydrogen-bond acceptors (Lipinski definition) is 3. The van der Waals surface area contributed by atoms with Crippen molar-refractivity contribution in [1.82, 2.24) is 5.32 Å². The van der Waals surface area contributed by atoms with Crippen molar-refractivity contribution >= 4 is 33.2 Å². The largest absolute Gasteiger partial charge is 0.350 e. The highest BCUT2D eigenvalue weighted by molar-refractivity contribution is 7.92. The minimum Gasteiger partial charge on any atom is -0.350 e. The van der Waals surface area contributed by atoms with Crippen LogP contribution in [0.4, 0.5) is 14.5 Å². The van der Waals surface area contributed by atoms with E-state index in [0.717, 1.165) is 16.4 Å². The molecule has 0 saturated carbocycles. The summed E-state index contributed by atoms with van der Waals surface area (Å²) in [6, 6.07) is 16.5. The molecular weight excluding hydrogens is 434 g/mol. The topological polar surface area (TPSA) is 66.5 Å². The lowest BCUT2D eigenvalue weighted by Gasteiger charge is -2.24. The average Bonchev–Trinajstić information content (AvgIpc) is 2.74. The molecule has 0 radical (unpaired) electrons. The molecule has 0 aromatic heterocycles. The molecule has 156 valence electrons. The molecule has 1 amide bonds. The SMILES string of the molecule is O=C(CN(c1ccc(F)c(Cl)c1)S(=O)(=O)c1ccccc1)NCc1ccc(F)cc1. The summed E-state index contributed by atoms with van der Waals surface area (Å²) in [5.41, 5.74) is 0.689. The molecule has 0 aliphatic heterocycles. The Morgan fingerprint density at radius 2 is 1.63 bits per heavy atom. The van der Waals surface area contributed by atoms with Crippen molar-refractivity contribution in [2.75, 3.05) is 10.8 Å². The maximum atomic E-state index is 13.6. The molecule has 0 aliphatic rings. The van der Waals surface area contributed by atoms with Gasteiger partial charge in [-0.1, -0.05) is 41.9 Å². The van der Waals surface area contributed by atoms with Gasteiger partial charge in [0.1, 0.15) is 18.2 Å². The minimum absolute atomic E-state index is 0.0308. The zero-order chi connectivity index (χ0) is 21.7. The van der Waals surface area contributed by atoms with Gasteiger partial charge in [-0.2, -0.15) is 0 Å². The van der Waals surface area contributed by atoms with Gasteiger partial charge in [0.15, 0.2) is 0 Å². The molecule has 3 aromatic rings. The van der Waals surface area contributed by atoms with Crippen LogP contribution < -0.4 is 9.62 Å². The number of rotatable bonds is 7. The quantitative estimate of drug-likeness (QED) is 0.588. The summed E-state index contributed by atoms with van der Waals surface area (Å²) in [4.78, 5) is 12.5. The van der Waals surface area contributed by atoms with Crippen LogP contribution in [0, 0.1) is 11.6 Å². The van der Waals surface area contributed by atoms with Crippen molar-refractivity contribution in [1.29, 1.82) is 0 Å². The van der Waals surface area contributed by atoms with Crippen LogP contribution in [-0.2, 0) is 21.4 Å². The standard InChI is InChI=1S/C21H17ClF2N2O3S/c22-19-12-17(10-11-20(19)24)26(30(28,29)18-4-2-1-3-5-18)14-21(27)25-13-15-6-8-16(23)9-7-15/h1-12H,13-14H2,(H,25,27). The zero-order valence-electron chi connectivity index (χ0n) is 15.6. The third-order valence-corrected chi connectivity index (χ3v) is 6.29. The number of nitrogens with zero attached hydrogens (tertiary/aromatic N) is 1. The van der Waals surface area contributed by atoms with Gasteiger partial charge >= 0.3 is 0 Å². The van der Waals surface area contributed by atoms with Gasteiger partial charge in [-0.15, -0.1) is 0 Å². The first-order chi connectivity index (χ1) is 14.3. The minimum atomic E-state index is -4.13. The molecule has 3 aromatic carbocycles. The molecule has 1 N–H and O–H groups in total. The van der Waals surface area contributed by atoms with E-state index < -0.39 is 34.1 Å². The van der Waals surface area contributed by atoms with Crippen LogP contribution in [0.15, 0.2) is 77.7 Å². The van der Waals surface area contributed by atoms with Crippen LogP contribution in [0.25, 0.3) is 0 Å². The van der Waals surface area contributed by atoms with Gasteiger partial charge in [-0.05, 0) is 48.0 Å². The first-order valence-corrected chi connectivity index (χ1v) is 10.6. The molecule has 0 aliphatic carbocycles. The maximum absolute atomic E-state index is 13.6. The fourth-order valence-corrected chi connectivity index (χ4v) is 4.27. The van der Waals surface area contributed by atoms with Crippen molar-refractivity contribution in [2.45, 2.75) is 11.4 Å². The molecule has 0 bridgehead atoms. The molecule has 0 fully saturated rings. The van der Waals surface area contributed by atoms with Crippen LogP contribution >= 0.6 is 11.6 Å². The number of nitrogens with one attached hydrogen (secondary N) is 1. The van der Waals surface area contributed by atoms with Gasteiger partial charge in [0.05, 0.1) is 15.6 Å². The van der Waals surface area contributed by atoms with Gasteiger partial charge in [0.2, 0.25) is 5.91 Å². The van der Waals surface area contributed by atoms with Gasteiger partial charge in [-0.3, -0.25) is 9.10 Å². The molecule has 0 heterocycles. The van der Waals surface area contributed by atoms with Crippen LogP contribution in [0.2, 0.25) is 5.02 Å². The van der Waals surface area contributed by atoms with Crippen molar-refractivity contribution in [3.63, 3.8) is 0 Å². The van der Waals surface area contributed by atoms with Gasteiger partial charge < -0.3 is 5.32 Å². The summed E-state index contributed by atoms with van der Waals surface area (Å²) in [6.07, 6.45) is 0. The van der Waals surface area contributed by atoms with Crippen LogP contribution in [0.3, 0.4) is 0 Å². The molecule has 0 atom stereocenters. The Morgan fingerprint density at radius 3 is 2.27 bits per heavy atom. The number of amides is 1. The Balaban J connectivity index is 1.86. The Kier molecular flexibility index (Phi) is 6.69. The number of benzene rings is 3. The highest BCUT2D eigenvalue weighted by atomic mass is 35.5. The Labute approximate surface area is 178 Å². The first-order valence-electron chi connectivity index (χ1n) is 8.81. The van der Waals surface area contributed by atoms with Crippen molar-refractivity contribution in [3.8, 4) is 0 Å². The van der Waals surface area contributed by atoms with E-state index in [2.05, 4.69) is 5.32 Å². The number of carbonyl (C=O) groups is 1. The van der Waals surface area contributed by atoms with Crippen molar-refractivity contribution < 1.29 is 22.0 Å². The molecule has 0 spiro atoms. The van der Waals surface area contributed by atoms with E-state index >= 15 is 0 Å². The summed E-state index contributed by atoms with van der Waals surface area (Å²) < 4.78 is 53.7. The molecule has 9 heteroatoms. The molecule has 0 saturated heterocycles. The lowest BCUT2D eigenvalue weighted by Crippen LogP contribution is -2.40. The third-order valence-electron chi connectivity index (χ3n) is 4.21. The van der Waals surface area contributed by atoms with E-state index in [9.17, 15) is 22.0 Å². The summed E-state index contributed by atoms with van der Waals surface area (Å²) >= 11 is 5.82. The second-order valence-corrected chi connectivity index (χ2v) is 8.60. The number of halogens is 3. The first kappa shape index (κ1) is 21.7. The summed E-state index contributed by atoms with van der Waals surface area (Å²) in [6.45, 7) is -0.469. The number of carbonyl (C=O) groups excluding carboxylic acids is 1. The third kappa shape index (κ3) is 5.14. The average molecular weight is 451 g/mol. The van der Waals surface area contributed by atoms with Crippen LogP contribution in [0.1, 0.15) is 5.56 Å². The predicted octanol–water partition coefficient (Wildman–Crippen LogP) is 4.13. The van der Waals surface area contributed by atoms with E-state index in [-0.39, 0.29) is 22.2 Å². The predicted molar refractivity (Wildman–Crippen MR) is 111 cm³/mol. The van der Waals surface area contributed by atoms with E-state index in [0.29, 0.717) is 5.56 Å². The highest BCUT2D eigenvalue weighted by Gasteiger charge is 2.27. The smallest absolute Gasteiger partial charge is 0.264 e.